The molecule has 5 N–H and O–H groups in total. The van der Waals surface area contributed by atoms with Crippen molar-refractivity contribution < 1.29 is 10.3 Å². The summed E-state index contributed by atoms with van der Waals surface area (Å²) in [7, 11) is 0. The number of rotatable bonds is 5. The molecule has 0 aromatic carbocycles. The lowest BCUT2D eigenvalue weighted by Crippen LogP contribution is -2.29. The molecule has 2 unspecified atom stereocenters. The van der Waals surface area contributed by atoms with Gasteiger partial charge in [0.1, 0.15) is 5.69 Å². The van der Waals surface area contributed by atoms with Crippen LogP contribution in [0, 0.1) is 5.92 Å². The number of pyridine rings is 1. The number of hydrogen-bond donors (Lipinski definition) is 4. The van der Waals surface area contributed by atoms with Crippen molar-refractivity contribution in [3.05, 3.63) is 29.6 Å². The first-order valence-electron chi connectivity index (χ1n) is 7.00. The molecule has 0 aliphatic heterocycles. The van der Waals surface area contributed by atoms with Crippen molar-refractivity contribution in [1.29, 1.82) is 0 Å². The monoisotopic (exact) mass is 278 g/mol. The van der Waals surface area contributed by atoms with Crippen LogP contribution in [0.15, 0.2) is 23.5 Å². The summed E-state index contributed by atoms with van der Waals surface area (Å²) in [5, 5.41) is 24.6. The fourth-order valence-corrected chi connectivity index (χ4v) is 2.64. The fourth-order valence-electron chi connectivity index (χ4n) is 2.64. The van der Waals surface area contributed by atoms with E-state index in [1.165, 1.54) is 6.42 Å². The first-order valence-corrected chi connectivity index (χ1v) is 7.00. The molecule has 6 nitrogen and oxygen atoms in total. The molecule has 1 aliphatic rings. The number of nitrogens with one attached hydrogen (secondary N) is 1. The Balaban J connectivity index is 1.82. The summed E-state index contributed by atoms with van der Waals surface area (Å²) in [6.07, 6.45) is 5.62. The Hall–Kier alpha value is -1.66. The fraction of sp³-hybridized carbons (Fsp3) is 0.571. The molecule has 0 amide bonds. The van der Waals surface area contributed by atoms with Gasteiger partial charge in [-0.1, -0.05) is 11.6 Å². The zero-order valence-corrected chi connectivity index (χ0v) is 11.5. The van der Waals surface area contributed by atoms with Gasteiger partial charge in [-0.3, -0.25) is 4.98 Å². The van der Waals surface area contributed by atoms with Gasteiger partial charge in [0.2, 0.25) is 0 Å². The minimum atomic E-state index is -0.136. The largest absolute Gasteiger partial charge is 0.409 e. The van der Waals surface area contributed by atoms with Crippen LogP contribution in [0.25, 0.3) is 0 Å². The quantitative estimate of drug-likeness (QED) is 0.276. The number of aliphatic hydroxyl groups is 1. The summed E-state index contributed by atoms with van der Waals surface area (Å²) >= 11 is 0. The van der Waals surface area contributed by atoms with E-state index in [-0.39, 0.29) is 11.9 Å². The number of hydrogen-bond acceptors (Lipinski definition) is 5. The molecule has 1 aromatic rings. The highest BCUT2D eigenvalue weighted by atomic mass is 16.4. The number of nitrogens with zero attached hydrogens (tertiary/aromatic N) is 2. The normalized spacial score (nSPS) is 23.8. The van der Waals surface area contributed by atoms with Gasteiger partial charge in [0.25, 0.3) is 0 Å². The van der Waals surface area contributed by atoms with Crippen LogP contribution in [0.2, 0.25) is 0 Å². The van der Waals surface area contributed by atoms with E-state index in [1.807, 2.05) is 6.07 Å². The van der Waals surface area contributed by atoms with Crippen LogP contribution < -0.4 is 11.1 Å². The van der Waals surface area contributed by atoms with Crippen molar-refractivity contribution in [2.75, 3.05) is 6.54 Å². The SMILES string of the molecule is N/C(=N/O)c1cc(CNCC2CCCC(O)C2)ccn1. The van der Waals surface area contributed by atoms with Crippen LogP contribution in [-0.2, 0) is 6.54 Å². The average Bonchev–Trinajstić information content (AvgIpc) is 2.47. The summed E-state index contributed by atoms with van der Waals surface area (Å²) in [6.45, 7) is 1.61. The molecule has 110 valence electrons. The lowest BCUT2D eigenvalue weighted by Gasteiger charge is -2.26. The van der Waals surface area contributed by atoms with Gasteiger partial charge in [-0.25, -0.2) is 0 Å². The Morgan fingerprint density at radius 3 is 3.10 bits per heavy atom. The smallest absolute Gasteiger partial charge is 0.188 e. The highest BCUT2D eigenvalue weighted by Crippen LogP contribution is 2.23. The number of amidine groups is 1. The number of aliphatic hydroxyl groups excluding tert-OH is 1. The summed E-state index contributed by atoms with van der Waals surface area (Å²) in [5.41, 5.74) is 7.03. The predicted molar refractivity (Wildman–Crippen MR) is 76.4 cm³/mol. The molecule has 0 bridgehead atoms. The highest BCUT2D eigenvalue weighted by Gasteiger charge is 2.19. The molecule has 20 heavy (non-hydrogen) atoms. The van der Waals surface area contributed by atoms with E-state index < -0.39 is 0 Å². The standard InChI is InChI=1S/C14H22N4O2/c15-14(18-20)13-7-11(4-5-17-13)9-16-8-10-2-1-3-12(19)6-10/h4-5,7,10,12,16,19-20H,1-3,6,8-9H2,(H2,15,18). The van der Waals surface area contributed by atoms with Crippen LogP contribution in [0.3, 0.4) is 0 Å². The zero-order valence-electron chi connectivity index (χ0n) is 11.5. The van der Waals surface area contributed by atoms with Gasteiger partial charge in [0.05, 0.1) is 6.10 Å². The molecular weight excluding hydrogens is 256 g/mol. The summed E-state index contributed by atoms with van der Waals surface area (Å²) in [6, 6.07) is 3.70. The predicted octanol–water partition coefficient (Wildman–Crippen LogP) is 0.817. The van der Waals surface area contributed by atoms with Gasteiger partial charge in [0, 0.05) is 12.7 Å². The third kappa shape index (κ3) is 4.18. The van der Waals surface area contributed by atoms with Crippen molar-refractivity contribution in [1.82, 2.24) is 10.3 Å². The molecule has 0 spiro atoms. The minimum Gasteiger partial charge on any atom is -0.409 e. The molecule has 1 saturated carbocycles. The van der Waals surface area contributed by atoms with E-state index in [0.717, 1.165) is 31.4 Å². The van der Waals surface area contributed by atoms with Gasteiger partial charge in [-0.2, -0.15) is 0 Å². The molecule has 1 heterocycles. The maximum atomic E-state index is 9.63. The summed E-state index contributed by atoms with van der Waals surface area (Å²) < 4.78 is 0. The number of nitrogens with two attached hydrogens (primary N) is 1. The van der Waals surface area contributed by atoms with E-state index in [4.69, 9.17) is 10.9 Å². The van der Waals surface area contributed by atoms with Crippen molar-refractivity contribution in [2.45, 2.75) is 38.3 Å². The van der Waals surface area contributed by atoms with Crippen molar-refractivity contribution in [3.8, 4) is 0 Å². The summed E-state index contributed by atoms with van der Waals surface area (Å²) in [5.74, 6) is 0.561. The molecule has 1 aliphatic carbocycles. The Morgan fingerprint density at radius 1 is 1.50 bits per heavy atom. The third-order valence-corrected chi connectivity index (χ3v) is 3.71. The van der Waals surface area contributed by atoms with Gasteiger partial charge < -0.3 is 21.4 Å². The maximum absolute atomic E-state index is 9.63. The van der Waals surface area contributed by atoms with Crippen molar-refractivity contribution in [2.24, 2.45) is 16.8 Å². The molecule has 1 aromatic heterocycles. The molecule has 2 rings (SSSR count). The highest BCUT2D eigenvalue weighted by molar-refractivity contribution is 5.95. The Kier molecular flexibility index (Phi) is 5.31. The summed E-state index contributed by atoms with van der Waals surface area (Å²) in [4.78, 5) is 4.04. The second-order valence-corrected chi connectivity index (χ2v) is 5.35. The molecule has 2 atom stereocenters. The van der Waals surface area contributed by atoms with Crippen LogP contribution >= 0.6 is 0 Å². The van der Waals surface area contributed by atoms with Crippen LogP contribution in [0.4, 0.5) is 0 Å². The molecule has 0 radical (unpaired) electrons. The number of oxime groups is 1. The van der Waals surface area contributed by atoms with E-state index in [9.17, 15) is 5.11 Å². The van der Waals surface area contributed by atoms with E-state index in [0.29, 0.717) is 18.2 Å². The van der Waals surface area contributed by atoms with Crippen molar-refractivity contribution >= 4 is 5.84 Å². The first kappa shape index (κ1) is 14.7. The molecular formula is C14H22N4O2. The topological polar surface area (TPSA) is 104 Å². The van der Waals surface area contributed by atoms with E-state index >= 15 is 0 Å². The minimum absolute atomic E-state index is 0.0160. The van der Waals surface area contributed by atoms with E-state index in [1.54, 1.807) is 12.3 Å². The van der Waals surface area contributed by atoms with Gasteiger partial charge >= 0.3 is 0 Å². The Labute approximate surface area is 118 Å². The Bertz CT molecular complexity index is 464. The van der Waals surface area contributed by atoms with Gasteiger partial charge in [-0.05, 0) is 49.4 Å². The molecule has 0 saturated heterocycles. The van der Waals surface area contributed by atoms with E-state index in [2.05, 4.69) is 15.5 Å². The van der Waals surface area contributed by atoms with Gasteiger partial charge in [0.15, 0.2) is 5.84 Å². The third-order valence-electron chi connectivity index (χ3n) is 3.71. The van der Waals surface area contributed by atoms with Crippen LogP contribution in [-0.4, -0.2) is 33.8 Å². The van der Waals surface area contributed by atoms with Crippen molar-refractivity contribution in [3.63, 3.8) is 0 Å². The maximum Gasteiger partial charge on any atom is 0.188 e. The van der Waals surface area contributed by atoms with Crippen LogP contribution in [0.1, 0.15) is 36.9 Å². The first-order chi connectivity index (χ1) is 9.69. The Morgan fingerprint density at radius 2 is 2.35 bits per heavy atom. The zero-order chi connectivity index (χ0) is 14.4. The molecule has 6 heteroatoms. The lowest BCUT2D eigenvalue weighted by molar-refractivity contribution is 0.101. The second kappa shape index (κ2) is 7.21. The number of aromatic nitrogens is 1. The van der Waals surface area contributed by atoms with Crippen LogP contribution in [0.5, 0.6) is 0 Å². The van der Waals surface area contributed by atoms with Gasteiger partial charge in [-0.15, -0.1) is 0 Å². The second-order valence-electron chi connectivity index (χ2n) is 5.35. The average molecular weight is 278 g/mol. The lowest BCUT2D eigenvalue weighted by atomic mass is 9.87. The molecule has 1 fully saturated rings.